The van der Waals surface area contributed by atoms with Crippen LogP contribution in [0.15, 0.2) is 30.3 Å². The molecule has 1 saturated carbocycles. The molecule has 1 spiro atoms. The summed E-state index contributed by atoms with van der Waals surface area (Å²) >= 11 is 0. The molecule has 0 amide bonds. The first-order valence-corrected chi connectivity index (χ1v) is 7.57. The molecule has 0 aromatic heterocycles. The zero-order valence-electron chi connectivity index (χ0n) is 11.5. The highest BCUT2D eigenvalue weighted by Crippen LogP contribution is 2.40. The standard InChI is InChI=1S/C18H22O/c1-2-7-16(8-3-1)10-11-17-9-6-13-18(15-17)12-4-5-14-19-18/h1-3,7-8,17H,4-6,9,12-15H2/t17-,18-/m0/s1. The molecule has 1 heterocycles. The Kier molecular flexibility index (Phi) is 3.89. The van der Waals surface area contributed by atoms with E-state index >= 15 is 0 Å². The predicted octanol–water partition coefficient (Wildman–Crippen LogP) is 4.17. The van der Waals surface area contributed by atoms with Crippen molar-refractivity contribution in [1.82, 2.24) is 0 Å². The second-order valence-electron chi connectivity index (χ2n) is 5.92. The van der Waals surface area contributed by atoms with Gasteiger partial charge in [0.2, 0.25) is 0 Å². The van der Waals surface area contributed by atoms with E-state index in [1.165, 1.54) is 38.5 Å². The number of hydrogen-bond donors (Lipinski definition) is 0. The second kappa shape index (κ2) is 5.80. The van der Waals surface area contributed by atoms with Crippen LogP contribution in [0.4, 0.5) is 0 Å². The van der Waals surface area contributed by atoms with E-state index < -0.39 is 0 Å². The first-order valence-electron chi connectivity index (χ1n) is 7.57. The first-order chi connectivity index (χ1) is 9.36. The topological polar surface area (TPSA) is 9.23 Å². The Bertz CT molecular complexity index is 454. The van der Waals surface area contributed by atoms with Crippen LogP contribution in [0, 0.1) is 17.8 Å². The van der Waals surface area contributed by atoms with Gasteiger partial charge in [-0.15, -0.1) is 0 Å². The Morgan fingerprint density at radius 1 is 1.05 bits per heavy atom. The number of hydrogen-bond acceptors (Lipinski definition) is 1. The van der Waals surface area contributed by atoms with Crippen LogP contribution >= 0.6 is 0 Å². The van der Waals surface area contributed by atoms with E-state index in [0.717, 1.165) is 18.6 Å². The van der Waals surface area contributed by atoms with Crippen LogP contribution in [-0.4, -0.2) is 12.2 Å². The van der Waals surface area contributed by atoms with E-state index in [1.807, 2.05) is 6.07 Å². The van der Waals surface area contributed by atoms with Crippen molar-refractivity contribution in [3.63, 3.8) is 0 Å². The van der Waals surface area contributed by atoms with Gasteiger partial charge in [-0.1, -0.05) is 30.0 Å². The lowest BCUT2D eigenvalue weighted by Gasteiger charge is -2.42. The Morgan fingerprint density at radius 2 is 1.89 bits per heavy atom. The Morgan fingerprint density at radius 3 is 2.68 bits per heavy atom. The van der Waals surface area contributed by atoms with Gasteiger partial charge in [-0.3, -0.25) is 0 Å². The quantitative estimate of drug-likeness (QED) is 0.631. The SMILES string of the molecule is C(#C[C@@H]1CCC[C@@]2(CCCCO2)C1)c1ccccc1. The predicted molar refractivity (Wildman–Crippen MR) is 77.8 cm³/mol. The summed E-state index contributed by atoms with van der Waals surface area (Å²) < 4.78 is 6.12. The molecular formula is C18H22O. The molecule has 1 nitrogen and oxygen atoms in total. The fourth-order valence-corrected chi connectivity index (χ4v) is 3.42. The largest absolute Gasteiger partial charge is 0.375 e. The summed E-state index contributed by atoms with van der Waals surface area (Å²) in [4.78, 5) is 0. The van der Waals surface area contributed by atoms with Crippen LogP contribution < -0.4 is 0 Å². The first kappa shape index (κ1) is 12.8. The molecule has 2 aliphatic rings. The molecule has 1 aliphatic carbocycles. The van der Waals surface area contributed by atoms with Crippen molar-refractivity contribution >= 4 is 0 Å². The van der Waals surface area contributed by atoms with E-state index in [-0.39, 0.29) is 5.60 Å². The third kappa shape index (κ3) is 3.19. The molecule has 2 fully saturated rings. The molecule has 100 valence electrons. The Labute approximate surface area is 116 Å². The normalized spacial score (nSPS) is 30.6. The van der Waals surface area contributed by atoms with Crippen LogP contribution in [0.25, 0.3) is 0 Å². The van der Waals surface area contributed by atoms with Crippen molar-refractivity contribution < 1.29 is 4.74 Å². The maximum Gasteiger partial charge on any atom is 0.0694 e. The average molecular weight is 254 g/mol. The van der Waals surface area contributed by atoms with E-state index in [9.17, 15) is 0 Å². The minimum atomic E-state index is 0.173. The van der Waals surface area contributed by atoms with Gasteiger partial charge in [0.05, 0.1) is 5.60 Å². The second-order valence-corrected chi connectivity index (χ2v) is 5.92. The van der Waals surface area contributed by atoms with Gasteiger partial charge in [-0.25, -0.2) is 0 Å². The molecule has 1 aromatic rings. The minimum absolute atomic E-state index is 0.173. The maximum atomic E-state index is 6.12. The molecule has 3 rings (SSSR count). The summed E-state index contributed by atoms with van der Waals surface area (Å²) in [6.45, 7) is 0.957. The van der Waals surface area contributed by atoms with Gasteiger partial charge in [-0.2, -0.15) is 0 Å². The summed E-state index contributed by atoms with van der Waals surface area (Å²) in [6, 6.07) is 10.3. The molecule has 0 bridgehead atoms. The lowest BCUT2D eigenvalue weighted by Crippen LogP contribution is -2.40. The van der Waals surface area contributed by atoms with Gasteiger partial charge in [0, 0.05) is 18.1 Å². The van der Waals surface area contributed by atoms with E-state index in [0.29, 0.717) is 5.92 Å². The molecule has 1 saturated heterocycles. The van der Waals surface area contributed by atoms with Crippen molar-refractivity contribution in [3.05, 3.63) is 35.9 Å². The maximum absolute atomic E-state index is 6.12. The van der Waals surface area contributed by atoms with Crippen LogP contribution in [-0.2, 0) is 4.74 Å². The molecular weight excluding hydrogens is 232 g/mol. The lowest BCUT2D eigenvalue weighted by molar-refractivity contribution is -0.106. The smallest absolute Gasteiger partial charge is 0.0694 e. The number of ether oxygens (including phenoxy) is 1. The fourth-order valence-electron chi connectivity index (χ4n) is 3.42. The van der Waals surface area contributed by atoms with Crippen LogP contribution in [0.2, 0.25) is 0 Å². The summed E-state index contributed by atoms with van der Waals surface area (Å²) in [6.07, 6.45) is 8.72. The fraction of sp³-hybridized carbons (Fsp3) is 0.556. The molecule has 0 unspecified atom stereocenters. The van der Waals surface area contributed by atoms with Crippen molar-refractivity contribution in [2.45, 2.75) is 50.5 Å². The van der Waals surface area contributed by atoms with Crippen molar-refractivity contribution in [2.75, 3.05) is 6.61 Å². The Balaban J connectivity index is 1.67. The lowest BCUT2D eigenvalue weighted by atomic mass is 9.74. The molecule has 1 aliphatic heterocycles. The molecule has 0 N–H and O–H groups in total. The van der Waals surface area contributed by atoms with Gasteiger partial charge >= 0.3 is 0 Å². The minimum Gasteiger partial charge on any atom is -0.375 e. The van der Waals surface area contributed by atoms with E-state index in [4.69, 9.17) is 4.74 Å². The third-order valence-electron chi connectivity index (χ3n) is 4.43. The zero-order valence-corrected chi connectivity index (χ0v) is 11.5. The molecule has 0 radical (unpaired) electrons. The van der Waals surface area contributed by atoms with Crippen LogP contribution in [0.3, 0.4) is 0 Å². The number of benzene rings is 1. The zero-order chi connectivity index (χ0) is 13.0. The van der Waals surface area contributed by atoms with Crippen LogP contribution in [0.5, 0.6) is 0 Å². The van der Waals surface area contributed by atoms with Crippen molar-refractivity contribution in [3.8, 4) is 11.8 Å². The molecule has 1 heteroatoms. The highest BCUT2D eigenvalue weighted by atomic mass is 16.5. The molecule has 2 atom stereocenters. The van der Waals surface area contributed by atoms with Gasteiger partial charge < -0.3 is 4.74 Å². The summed E-state index contributed by atoms with van der Waals surface area (Å²) in [5, 5.41) is 0. The van der Waals surface area contributed by atoms with Gasteiger partial charge in [-0.05, 0) is 57.1 Å². The van der Waals surface area contributed by atoms with Crippen molar-refractivity contribution in [1.29, 1.82) is 0 Å². The number of rotatable bonds is 0. The highest BCUT2D eigenvalue weighted by molar-refractivity contribution is 5.34. The van der Waals surface area contributed by atoms with Gasteiger partial charge in [0.15, 0.2) is 0 Å². The summed E-state index contributed by atoms with van der Waals surface area (Å²) in [5.74, 6) is 7.33. The monoisotopic (exact) mass is 254 g/mol. The Hall–Kier alpha value is -1.26. The molecule has 19 heavy (non-hydrogen) atoms. The average Bonchev–Trinajstić information content (AvgIpc) is 2.47. The van der Waals surface area contributed by atoms with E-state index in [1.54, 1.807) is 0 Å². The highest BCUT2D eigenvalue weighted by Gasteiger charge is 2.37. The summed E-state index contributed by atoms with van der Waals surface area (Å²) in [5.41, 5.74) is 1.30. The van der Waals surface area contributed by atoms with Gasteiger partial charge in [0.1, 0.15) is 0 Å². The van der Waals surface area contributed by atoms with Crippen LogP contribution in [0.1, 0.15) is 50.5 Å². The van der Waals surface area contributed by atoms with E-state index in [2.05, 4.69) is 36.1 Å². The van der Waals surface area contributed by atoms with Crippen molar-refractivity contribution in [2.24, 2.45) is 5.92 Å². The third-order valence-corrected chi connectivity index (χ3v) is 4.43. The van der Waals surface area contributed by atoms with Gasteiger partial charge in [0.25, 0.3) is 0 Å². The summed E-state index contributed by atoms with van der Waals surface area (Å²) in [7, 11) is 0. The molecule has 1 aromatic carbocycles.